The fourth-order valence-corrected chi connectivity index (χ4v) is 3.16. The van der Waals surface area contributed by atoms with E-state index in [1.807, 2.05) is 18.2 Å². The number of benzene rings is 1. The van der Waals surface area contributed by atoms with Crippen LogP contribution >= 0.6 is 11.6 Å². The highest BCUT2D eigenvalue weighted by Gasteiger charge is 2.11. The first kappa shape index (κ1) is 18.6. The van der Waals surface area contributed by atoms with Gasteiger partial charge < -0.3 is 15.2 Å². The lowest BCUT2D eigenvalue weighted by Crippen LogP contribution is -2.46. The van der Waals surface area contributed by atoms with Gasteiger partial charge in [-0.1, -0.05) is 29.8 Å². The Bertz CT molecular complexity index is 815. The summed E-state index contributed by atoms with van der Waals surface area (Å²) in [6.45, 7) is 5.72. The van der Waals surface area contributed by atoms with Crippen LogP contribution in [0.2, 0.25) is 5.02 Å². The third kappa shape index (κ3) is 4.94. The Hall–Kier alpha value is -2.15. The van der Waals surface area contributed by atoms with E-state index in [4.69, 9.17) is 11.6 Å². The zero-order valence-electron chi connectivity index (χ0n) is 14.6. The minimum Gasteiger partial charge on any atom is -0.351 e. The number of pyridine rings is 1. The summed E-state index contributed by atoms with van der Waals surface area (Å²) in [7, 11) is 0. The van der Waals surface area contributed by atoms with Crippen LogP contribution in [0.5, 0.6) is 0 Å². The topological polar surface area (TPSA) is 66.4 Å². The molecule has 0 aliphatic carbocycles. The molecular weight excluding hydrogens is 352 g/mol. The van der Waals surface area contributed by atoms with Crippen LogP contribution < -0.4 is 16.2 Å². The number of amides is 1. The molecule has 1 aliphatic heterocycles. The molecule has 1 aromatic heterocycles. The van der Waals surface area contributed by atoms with Crippen molar-refractivity contribution in [2.45, 2.75) is 6.54 Å². The number of hydrogen-bond acceptors (Lipinski definition) is 4. The van der Waals surface area contributed by atoms with Crippen LogP contribution in [0, 0.1) is 0 Å². The predicted molar refractivity (Wildman–Crippen MR) is 103 cm³/mol. The first-order valence-electron chi connectivity index (χ1n) is 8.78. The van der Waals surface area contributed by atoms with Gasteiger partial charge in [-0.2, -0.15) is 0 Å². The van der Waals surface area contributed by atoms with E-state index in [0.717, 1.165) is 38.3 Å². The monoisotopic (exact) mass is 374 g/mol. The number of nitrogens with one attached hydrogen (secondary N) is 2. The Morgan fingerprint density at radius 1 is 1.15 bits per heavy atom. The zero-order chi connectivity index (χ0) is 18.4. The maximum atomic E-state index is 12.4. The van der Waals surface area contributed by atoms with Gasteiger partial charge in [0, 0.05) is 56.6 Å². The molecule has 0 bridgehead atoms. The van der Waals surface area contributed by atoms with Crippen LogP contribution in [0.1, 0.15) is 15.9 Å². The Balaban J connectivity index is 1.61. The molecule has 1 fully saturated rings. The van der Waals surface area contributed by atoms with E-state index < -0.39 is 0 Å². The smallest absolute Gasteiger partial charge is 0.252 e. The van der Waals surface area contributed by atoms with Gasteiger partial charge in [0.1, 0.15) is 0 Å². The second-order valence-corrected chi connectivity index (χ2v) is 6.73. The van der Waals surface area contributed by atoms with Gasteiger partial charge in [-0.15, -0.1) is 0 Å². The van der Waals surface area contributed by atoms with E-state index in [1.165, 1.54) is 10.6 Å². The highest BCUT2D eigenvalue weighted by atomic mass is 35.5. The van der Waals surface area contributed by atoms with E-state index in [9.17, 15) is 9.59 Å². The largest absolute Gasteiger partial charge is 0.351 e. The van der Waals surface area contributed by atoms with Crippen LogP contribution in [0.15, 0.2) is 47.4 Å². The lowest BCUT2D eigenvalue weighted by Gasteiger charge is -2.27. The van der Waals surface area contributed by atoms with Gasteiger partial charge in [0.05, 0.1) is 12.1 Å². The molecule has 1 amide bonds. The Labute approximate surface area is 157 Å². The Morgan fingerprint density at radius 2 is 1.92 bits per heavy atom. The fraction of sp³-hybridized carbons (Fsp3) is 0.368. The second-order valence-electron chi connectivity index (χ2n) is 6.32. The predicted octanol–water partition coefficient (Wildman–Crippen LogP) is 1.19. The summed E-state index contributed by atoms with van der Waals surface area (Å²) in [5, 5.41) is 6.83. The van der Waals surface area contributed by atoms with Gasteiger partial charge in [-0.05, 0) is 17.7 Å². The van der Waals surface area contributed by atoms with E-state index in [2.05, 4.69) is 15.5 Å². The summed E-state index contributed by atoms with van der Waals surface area (Å²) in [4.78, 5) is 26.8. The molecule has 0 unspecified atom stereocenters. The van der Waals surface area contributed by atoms with Crippen molar-refractivity contribution < 1.29 is 4.79 Å². The minimum absolute atomic E-state index is 0.165. The average Bonchev–Trinajstić information content (AvgIpc) is 2.66. The molecule has 2 heterocycles. The van der Waals surface area contributed by atoms with Gasteiger partial charge in [0.2, 0.25) is 0 Å². The second kappa shape index (κ2) is 8.98. The highest BCUT2D eigenvalue weighted by molar-refractivity contribution is 6.31. The van der Waals surface area contributed by atoms with Gasteiger partial charge in [-0.25, -0.2) is 0 Å². The Morgan fingerprint density at radius 3 is 2.69 bits per heavy atom. The first-order valence-corrected chi connectivity index (χ1v) is 9.16. The number of halogens is 1. The van der Waals surface area contributed by atoms with Crippen LogP contribution in [0.25, 0.3) is 0 Å². The van der Waals surface area contributed by atoms with E-state index in [0.29, 0.717) is 23.7 Å². The van der Waals surface area contributed by atoms with E-state index in [1.54, 1.807) is 18.3 Å². The molecule has 0 atom stereocenters. The SMILES string of the molecule is O=C(NCCN1CCNCC1)c1ccc(=O)n(Cc2ccccc2Cl)c1. The summed E-state index contributed by atoms with van der Waals surface area (Å²) in [6, 6.07) is 10.4. The van der Waals surface area contributed by atoms with E-state index >= 15 is 0 Å². The van der Waals surface area contributed by atoms with Gasteiger partial charge >= 0.3 is 0 Å². The molecular formula is C19H23ClN4O2. The molecule has 0 radical (unpaired) electrons. The van der Waals surface area contributed by atoms with Crippen molar-refractivity contribution >= 4 is 17.5 Å². The summed E-state index contributed by atoms with van der Waals surface area (Å²) in [5.41, 5.74) is 1.15. The van der Waals surface area contributed by atoms with Crippen molar-refractivity contribution in [2.75, 3.05) is 39.3 Å². The molecule has 26 heavy (non-hydrogen) atoms. The van der Waals surface area contributed by atoms with Crippen LogP contribution in [0.3, 0.4) is 0 Å². The molecule has 1 aliphatic rings. The lowest BCUT2D eigenvalue weighted by atomic mass is 10.2. The van der Waals surface area contributed by atoms with Gasteiger partial charge in [0.25, 0.3) is 11.5 Å². The first-order chi connectivity index (χ1) is 12.6. The molecule has 3 rings (SSSR count). The molecule has 7 heteroatoms. The minimum atomic E-state index is -0.173. The van der Waals surface area contributed by atoms with E-state index in [-0.39, 0.29) is 11.5 Å². The maximum Gasteiger partial charge on any atom is 0.252 e. The quantitative estimate of drug-likeness (QED) is 0.797. The molecule has 0 saturated carbocycles. The Kier molecular flexibility index (Phi) is 6.44. The fourth-order valence-electron chi connectivity index (χ4n) is 2.96. The third-order valence-electron chi connectivity index (χ3n) is 4.47. The summed E-state index contributed by atoms with van der Waals surface area (Å²) in [5.74, 6) is -0.173. The average molecular weight is 375 g/mol. The number of piperazine rings is 1. The summed E-state index contributed by atoms with van der Waals surface area (Å²) < 4.78 is 1.51. The number of rotatable bonds is 6. The van der Waals surface area contributed by atoms with Gasteiger partial charge in [0.15, 0.2) is 0 Å². The maximum absolute atomic E-state index is 12.4. The van der Waals surface area contributed by atoms with Crippen LogP contribution in [-0.2, 0) is 6.54 Å². The highest BCUT2D eigenvalue weighted by Crippen LogP contribution is 2.15. The molecule has 0 spiro atoms. The normalized spacial score (nSPS) is 15.0. The van der Waals surface area contributed by atoms with Crippen molar-refractivity contribution in [3.8, 4) is 0 Å². The molecule has 2 N–H and O–H groups in total. The van der Waals surface area contributed by atoms with Crippen molar-refractivity contribution in [1.29, 1.82) is 0 Å². The van der Waals surface area contributed by atoms with Crippen molar-refractivity contribution in [3.05, 3.63) is 69.1 Å². The van der Waals surface area contributed by atoms with Gasteiger partial charge in [-0.3, -0.25) is 14.5 Å². The number of carbonyl (C=O) groups excluding carboxylic acids is 1. The lowest BCUT2D eigenvalue weighted by molar-refractivity contribution is 0.0946. The molecule has 138 valence electrons. The number of hydrogen-bond donors (Lipinski definition) is 2. The summed E-state index contributed by atoms with van der Waals surface area (Å²) in [6.07, 6.45) is 1.59. The molecule has 2 aromatic rings. The number of nitrogens with zero attached hydrogens (tertiary/aromatic N) is 2. The number of aromatic nitrogens is 1. The molecule has 1 aromatic carbocycles. The van der Waals surface area contributed by atoms with Crippen LogP contribution in [-0.4, -0.2) is 54.6 Å². The van der Waals surface area contributed by atoms with Crippen LogP contribution in [0.4, 0.5) is 0 Å². The standard InChI is InChI=1S/C19H23ClN4O2/c20-17-4-2-1-3-15(17)13-24-14-16(5-6-18(24)25)19(26)22-9-12-23-10-7-21-8-11-23/h1-6,14,21H,7-13H2,(H,22,26). The van der Waals surface area contributed by atoms with Crippen molar-refractivity contribution in [2.24, 2.45) is 0 Å². The van der Waals surface area contributed by atoms with Crippen molar-refractivity contribution in [3.63, 3.8) is 0 Å². The molecule has 6 nitrogen and oxygen atoms in total. The molecule has 1 saturated heterocycles. The summed E-state index contributed by atoms with van der Waals surface area (Å²) >= 11 is 6.17. The van der Waals surface area contributed by atoms with Crippen molar-refractivity contribution in [1.82, 2.24) is 20.1 Å². The number of carbonyl (C=O) groups is 1. The third-order valence-corrected chi connectivity index (χ3v) is 4.84. The zero-order valence-corrected chi connectivity index (χ0v) is 15.3.